The smallest absolute Gasteiger partial charge is 0.194 e. The maximum absolute atomic E-state index is 4.89. The number of rotatable bonds is 6. The van der Waals surface area contributed by atoms with Crippen LogP contribution in [-0.4, -0.2) is 58.1 Å². The number of imidazole rings is 1. The predicted molar refractivity (Wildman–Crippen MR) is 121 cm³/mol. The highest BCUT2D eigenvalue weighted by atomic mass is 15.4. The van der Waals surface area contributed by atoms with E-state index in [1.165, 1.54) is 11.1 Å². The van der Waals surface area contributed by atoms with Crippen LogP contribution in [0.1, 0.15) is 18.1 Å². The van der Waals surface area contributed by atoms with E-state index in [1.807, 2.05) is 37.1 Å². The second-order valence-electron chi connectivity index (χ2n) is 7.38. The van der Waals surface area contributed by atoms with E-state index < -0.39 is 0 Å². The van der Waals surface area contributed by atoms with Crippen LogP contribution >= 0.6 is 0 Å². The molecule has 2 aromatic heterocycles. The molecule has 1 aliphatic rings. The minimum Gasteiger partial charge on any atom is -0.357 e. The SMILES string of the molecule is CCNC(=NCc1ccc(Cn2ccnc2)cc1)N1CCN(c2ccccn2)CC1. The van der Waals surface area contributed by atoms with Gasteiger partial charge in [-0.3, -0.25) is 0 Å². The van der Waals surface area contributed by atoms with Crippen LogP contribution in [-0.2, 0) is 13.1 Å². The normalized spacial score (nSPS) is 14.8. The number of hydrogen-bond donors (Lipinski definition) is 1. The number of aliphatic imine (C=N–C) groups is 1. The highest BCUT2D eigenvalue weighted by Gasteiger charge is 2.20. The first-order valence-corrected chi connectivity index (χ1v) is 10.5. The first-order valence-electron chi connectivity index (χ1n) is 10.5. The minimum atomic E-state index is 0.675. The third-order valence-electron chi connectivity index (χ3n) is 5.25. The predicted octanol–water partition coefficient (Wildman–Crippen LogP) is 2.61. The van der Waals surface area contributed by atoms with Crippen molar-refractivity contribution in [1.82, 2.24) is 24.8 Å². The standard InChI is InChI=1S/C23H29N7/c1-2-25-23(30-15-13-29(14-16-30)22-5-3-4-10-26-22)27-17-20-6-8-21(9-7-20)18-28-12-11-24-19-28/h3-12,19H,2,13-18H2,1H3,(H,25,27). The van der Waals surface area contributed by atoms with Crippen LogP contribution in [0.25, 0.3) is 0 Å². The average molecular weight is 404 g/mol. The van der Waals surface area contributed by atoms with Gasteiger partial charge in [0.15, 0.2) is 5.96 Å². The van der Waals surface area contributed by atoms with Crippen LogP contribution in [0, 0.1) is 0 Å². The first-order chi connectivity index (χ1) is 14.8. The lowest BCUT2D eigenvalue weighted by molar-refractivity contribution is 0.371. The molecule has 0 spiro atoms. The van der Waals surface area contributed by atoms with Gasteiger partial charge in [-0.1, -0.05) is 30.3 Å². The molecule has 30 heavy (non-hydrogen) atoms. The fourth-order valence-electron chi connectivity index (χ4n) is 3.62. The second-order valence-corrected chi connectivity index (χ2v) is 7.38. The van der Waals surface area contributed by atoms with E-state index in [-0.39, 0.29) is 0 Å². The van der Waals surface area contributed by atoms with Crippen molar-refractivity contribution in [2.24, 2.45) is 4.99 Å². The number of pyridine rings is 1. The Bertz CT molecular complexity index is 912. The molecule has 1 fully saturated rings. The lowest BCUT2D eigenvalue weighted by atomic mass is 10.1. The van der Waals surface area contributed by atoms with Gasteiger partial charge in [0.25, 0.3) is 0 Å². The average Bonchev–Trinajstić information content (AvgIpc) is 3.31. The Morgan fingerprint density at radius 2 is 1.80 bits per heavy atom. The Kier molecular flexibility index (Phi) is 6.59. The molecule has 3 aromatic rings. The molecule has 1 saturated heterocycles. The third kappa shape index (κ3) is 5.17. The van der Waals surface area contributed by atoms with E-state index in [4.69, 9.17) is 4.99 Å². The number of hydrogen-bond acceptors (Lipinski definition) is 4. The number of nitrogens with one attached hydrogen (secondary N) is 1. The molecule has 0 amide bonds. The molecular weight excluding hydrogens is 374 g/mol. The summed E-state index contributed by atoms with van der Waals surface area (Å²) in [4.78, 5) is 18.1. The monoisotopic (exact) mass is 403 g/mol. The van der Waals surface area contributed by atoms with E-state index in [9.17, 15) is 0 Å². The van der Waals surface area contributed by atoms with Gasteiger partial charge in [-0.25, -0.2) is 15.0 Å². The Labute approximate surface area is 178 Å². The van der Waals surface area contributed by atoms with Gasteiger partial charge in [0.05, 0.1) is 12.9 Å². The fraction of sp³-hybridized carbons (Fsp3) is 0.348. The van der Waals surface area contributed by atoms with Crippen molar-refractivity contribution in [3.05, 3.63) is 78.5 Å². The van der Waals surface area contributed by atoms with Crippen molar-refractivity contribution in [3.63, 3.8) is 0 Å². The van der Waals surface area contributed by atoms with Gasteiger partial charge < -0.3 is 19.7 Å². The van der Waals surface area contributed by atoms with Gasteiger partial charge in [-0.05, 0) is 30.2 Å². The Morgan fingerprint density at radius 1 is 1.00 bits per heavy atom. The molecule has 0 radical (unpaired) electrons. The van der Waals surface area contributed by atoms with Crippen molar-refractivity contribution in [3.8, 4) is 0 Å². The fourth-order valence-corrected chi connectivity index (χ4v) is 3.62. The number of anilines is 1. The number of aromatic nitrogens is 3. The second kappa shape index (κ2) is 9.91. The molecular formula is C23H29N7. The number of nitrogens with zero attached hydrogens (tertiary/aromatic N) is 6. The largest absolute Gasteiger partial charge is 0.357 e. The molecule has 0 saturated carbocycles. The highest BCUT2D eigenvalue weighted by Crippen LogP contribution is 2.13. The topological polar surface area (TPSA) is 61.6 Å². The van der Waals surface area contributed by atoms with Gasteiger partial charge in [0.1, 0.15) is 5.82 Å². The first kappa shape index (κ1) is 19.9. The van der Waals surface area contributed by atoms with E-state index >= 15 is 0 Å². The van der Waals surface area contributed by atoms with Gasteiger partial charge >= 0.3 is 0 Å². The molecule has 7 nitrogen and oxygen atoms in total. The Morgan fingerprint density at radius 3 is 2.47 bits per heavy atom. The van der Waals surface area contributed by atoms with Crippen molar-refractivity contribution < 1.29 is 0 Å². The summed E-state index contributed by atoms with van der Waals surface area (Å²) >= 11 is 0. The molecule has 1 aromatic carbocycles. The van der Waals surface area contributed by atoms with Crippen LogP contribution in [0.4, 0.5) is 5.82 Å². The van der Waals surface area contributed by atoms with Crippen LogP contribution in [0.3, 0.4) is 0 Å². The maximum atomic E-state index is 4.89. The molecule has 1 N–H and O–H groups in total. The third-order valence-corrected chi connectivity index (χ3v) is 5.25. The van der Waals surface area contributed by atoms with E-state index in [2.05, 4.69) is 66.9 Å². The Balaban J connectivity index is 1.34. The zero-order valence-electron chi connectivity index (χ0n) is 17.5. The van der Waals surface area contributed by atoms with Gasteiger partial charge in [-0.15, -0.1) is 0 Å². The van der Waals surface area contributed by atoms with E-state index in [1.54, 1.807) is 0 Å². The van der Waals surface area contributed by atoms with Gasteiger partial charge in [-0.2, -0.15) is 0 Å². The van der Waals surface area contributed by atoms with E-state index in [0.717, 1.165) is 51.0 Å². The van der Waals surface area contributed by atoms with Crippen LogP contribution < -0.4 is 10.2 Å². The summed E-state index contributed by atoms with van der Waals surface area (Å²) in [5.41, 5.74) is 2.48. The molecule has 156 valence electrons. The molecule has 7 heteroatoms. The number of piperazine rings is 1. The quantitative estimate of drug-likeness (QED) is 0.506. The summed E-state index contributed by atoms with van der Waals surface area (Å²) in [6.07, 6.45) is 7.48. The molecule has 3 heterocycles. The van der Waals surface area contributed by atoms with Crippen LogP contribution in [0.5, 0.6) is 0 Å². The van der Waals surface area contributed by atoms with Crippen molar-refractivity contribution in [2.75, 3.05) is 37.6 Å². The number of benzene rings is 1. The molecule has 4 rings (SSSR count). The highest BCUT2D eigenvalue weighted by molar-refractivity contribution is 5.80. The zero-order valence-corrected chi connectivity index (χ0v) is 17.5. The molecule has 0 bridgehead atoms. The summed E-state index contributed by atoms with van der Waals surface area (Å²) in [5.74, 6) is 2.04. The molecule has 0 atom stereocenters. The summed E-state index contributed by atoms with van der Waals surface area (Å²) in [6.45, 7) is 8.27. The lowest BCUT2D eigenvalue weighted by Crippen LogP contribution is -2.52. The van der Waals surface area contributed by atoms with Crippen molar-refractivity contribution >= 4 is 11.8 Å². The van der Waals surface area contributed by atoms with Crippen LogP contribution in [0.2, 0.25) is 0 Å². The Hall–Kier alpha value is -3.35. The summed E-state index contributed by atoms with van der Waals surface area (Å²) in [7, 11) is 0. The van der Waals surface area contributed by atoms with Crippen LogP contribution in [0.15, 0.2) is 72.4 Å². The number of guanidine groups is 1. The summed E-state index contributed by atoms with van der Waals surface area (Å²) in [5, 5.41) is 3.45. The zero-order chi connectivity index (χ0) is 20.6. The molecule has 1 aliphatic heterocycles. The lowest BCUT2D eigenvalue weighted by Gasteiger charge is -2.37. The molecule has 0 aliphatic carbocycles. The summed E-state index contributed by atoms with van der Waals surface area (Å²) in [6, 6.07) is 14.7. The molecule has 0 unspecified atom stereocenters. The van der Waals surface area contributed by atoms with Crippen molar-refractivity contribution in [2.45, 2.75) is 20.0 Å². The maximum Gasteiger partial charge on any atom is 0.194 e. The van der Waals surface area contributed by atoms with Crippen molar-refractivity contribution in [1.29, 1.82) is 0 Å². The summed E-state index contributed by atoms with van der Waals surface area (Å²) < 4.78 is 2.07. The minimum absolute atomic E-state index is 0.675. The van der Waals surface area contributed by atoms with Gasteiger partial charge in [0.2, 0.25) is 0 Å². The van der Waals surface area contributed by atoms with Gasteiger partial charge in [0, 0.05) is 57.9 Å². The van der Waals surface area contributed by atoms with E-state index in [0.29, 0.717) is 6.54 Å².